The van der Waals surface area contributed by atoms with Gasteiger partial charge in [0.2, 0.25) is 0 Å². The van der Waals surface area contributed by atoms with E-state index in [1.54, 1.807) is 30.7 Å². The minimum Gasteiger partial charge on any atom is -0.493 e. The number of nitrogens with zero attached hydrogens (tertiary/aromatic N) is 3. The second kappa shape index (κ2) is 11.7. The monoisotopic (exact) mass is 539 g/mol. The van der Waals surface area contributed by atoms with E-state index in [4.69, 9.17) is 14.2 Å². The van der Waals surface area contributed by atoms with Gasteiger partial charge in [-0.25, -0.2) is 4.79 Å². The van der Waals surface area contributed by atoms with Gasteiger partial charge in [0.05, 0.1) is 38.2 Å². The molecule has 0 aliphatic carbocycles. The highest BCUT2D eigenvalue weighted by Crippen LogP contribution is 2.41. The molecule has 0 bridgehead atoms. The Morgan fingerprint density at radius 1 is 0.925 bits per heavy atom. The van der Waals surface area contributed by atoms with Gasteiger partial charge in [0.25, 0.3) is 5.91 Å². The molecule has 5 rings (SSSR count). The van der Waals surface area contributed by atoms with Gasteiger partial charge in [-0.1, -0.05) is 60.7 Å². The fourth-order valence-electron chi connectivity index (χ4n) is 5.39. The first-order valence-corrected chi connectivity index (χ1v) is 13.3. The molecule has 0 fully saturated rings. The Hall–Kier alpha value is -4.59. The van der Waals surface area contributed by atoms with E-state index in [9.17, 15) is 9.59 Å². The zero-order chi connectivity index (χ0) is 28.2. The second-order valence-electron chi connectivity index (χ2n) is 9.82. The maximum absolute atomic E-state index is 13.6. The molecule has 3 aromatic carbocycles. The number of carbonyl (C=O) groups is 2. The summed E-state index contributed by atoms with van der Waals surface area (Å²) in [6.07, 6.45) is 0.642. The lowest BCUT2D eigenvalue weighted by Gasteiger charge is -2.38. The van der Waals surface area contributed by atoms with Gasteiger partial charge in [-0.15, -0.1) is 0 Å². The van der Waals surface area contributed by atoms with Crippen LogP contribution in [0.3, 0.4) is 0 Å². The highest BCUT2D eigenvalue weighted by molar-refractivity contribution is 5.93. The van der Waals surface area contributed by atoms with Gasteiger partial charge in [-0.3, -0.25) is 9.48 Å². The maximum Gasteiger partial charge on any atom is 0.342 e. The van der Waals surface area contributed by atoms with Crippen LogP contribution in [0.2, 0.25) is 0 Å². The predicted molar refractivity (Wildman–Crippen MR) is 151 cm³/mol. The van der Waals surface area contributed by atoms with E-state index in [-0.39, 0.29) is 18.6 Å². The first-order valence-electron chi connectivity index (χ1n) is 13.3. The van der Waals surface area contributed by atoms with Gasteiger partial charge in [0.15, 0.2) is 18.1 Å². The van der Waals surface area contributed by atoms with Crippen LogP contribution in [0.1, 0.15) is 50.0 Å². The topological polar surface area (TPSA) is 82.9 Å². The summed E-state index contributed by atoms with van der Waals surface area (Å²) in [6.45, 7) is 4.27. The number of methoxy groups -OCH3 is 2. The number of esters is 1. The molecule has 40 heavy (non-hydrogen) atoms. The first kappa shape index (κ1) is 27.0. The van der Waals surface area contributed by atoms with Crippen LogP contribution in [0.25, 0.3) is 0 Å². The molecule has 1 aromatic heterocycles. The highest BCUT2D eigenvalue weighted by atomic mass is 16.5. The lowest BCUT2D eigenvalue weighted by Crippen LogP contribution is -2.42. The molecule has 8 nitrogen and oxygen atoms in total. The Morgan fingerprint density at radius 2 is 1.57 bits per heavy atom. The molecule has 8 heteroatoms. The van der Waals surface area contributed by atoms with Gasteiger partial charge >= 0.3 is 5.97 Å². The normalized spacial score (nSPS) is 14.4. The number of carbonyl (C=O) groups excluding carboxylic acids is 2. The fraction of sp³-hybridized carbons (Fsp3) is 0.281. The molecule has 0 saturated heterocycles. The fourth-order valence-corrected chi connectivity index (χ4v) is 5.39. The largest absolute Gasteiger partial charge is 0.493 e. The molecule has 0 spiro atoms. The number of aromatic nitrogens is 2. The molecule has 4 aromatic rings. The van der Waals surface area contributed by atoms with Gasteiger partial charge in [-0.05, 0) is 54.7 Å². The van der Waals surface area contributed by atoms with Gasteiger partial charge in [0, 0.05) is 6.54 Å². The predicted octanol–water partition coefficient (Wildman–Crippen LogP) is 4.90. The molecule has 0 unspecified atom stereocenters. The molecule has 1 aliphatic rings. The minimum absolute atomic E-state index is 0.269. The van der Waals surface area contributed by atoms with Crippen molar-refractivity contribution in [3.63, 3.8) is 0 Å². The molecule has 0 radical (unpaired) electrons. The third-order valence-electron chi connectivity index (χ3n) is 7.40. The molecule has 206 valence electrons. The van der Waals surface area contributed by atoms with Crippen LogP contribution < -0.4 is 9.47 Å². The number of benzene rings is 3. The van der Waals surface area contributed by atoms with E-state index < -0.39 is 5.97 Å². The average Bonchev–Trinajstić information content (AvgIpc) is 3.27. The SMILES string of the molecule is COc1cc2c(cc1OC)[C@@H](c1ccccc1)N(C(=O)COC(=O)c1c(C)nn(Cc3ccccc3)c1C)CC2. The Balaban J connectivity index is 1.36. The Morgan fingerprint density at radius 3 is 2.25 bits per heavy atom. The first-order chi connectivity index (χ1) is 19.4. The van der Waals surface area contributed by atoms with E-state index in [2.05, 4.69) is 5.10 Å². The third kappa shape index (κ3) is 5.30. The van der Waals surface area contributed by atoms with E-state index in [1.807, 2.05) is 79.7 Å². The van der Waals surface area contributed by atoms with Crippen LogP contribution in [0.5, 0.6) is 11.5 Å². The number of ether oxygens (including phenoxy) is 3. The number of rotatable bonds is 8. The number of amides is 1. The molecular formula is C32H33N3O5. The number of fused-ring (bicyclic) bond motifs is 1. The van der Waals surface area contributed by atoms with Crippen LogP contribution in [0.4, 0.5) is 0 Å². The third-order valence-corrected chi connectivity index (χ3v) is 7.40. The minimum atomic E-state index is -0.553. The molecule has 1 amide bonds. The zero-order valence-corrected chi connectivity index (χ0v) is 23.2. The van der Waals surface area contributed by atoms with Crippen LogP contribution in [-0.4, -0.2) is 53.9 Å². The van der Waals surface area contributed by atoms with Crippen LogP contribution >= 0.6 is 0 Å². The van der Waals surface area contributed by atoms with E-state index >= 15 is 0 Å². The van der Waals surface area contributed by atoms with Crippen molar-refractivity contribution in [3.05, 3.63) is 112 Å². The number of aryl methyl sites for hydroxylation is 1. The Bertz CT molecular complexity index is 1510. The van der Waals surface area contributed by atoms with E-state index in [0.717, 1.165) is 22.3 Å². The Labute approximate surface area is 234 Å². The molecular weight excluding hydrogens is 506 g/mol. The average molecular weight is 540 g/mol. The molecule has 0 saturated carbocycles. The molecule has 1 aliphatic heterocycles. The molecule has 2 heterocycles. The summed E-state index contributed by atoms with van der Waals surface area (Å²) in [5.41, 5.74) is 5.76. The maximum atomic E-state index is 13.6. The van der Waals surface area contributed by atoms with Crippen molar-refractivity contribution in [2.75, 3.05) is 27.4 Å². The van der Waals surface area contributed by atoms with Gasteiger partial charge < -0.3 is 19.1 Å². The van der Waals surface area contributed by atoms with E-state index in [0.29, 0.717) is 48.0 Å². The standard InChI is InChI=1S/C32H33N3O5/c1-21-30(22(2)35(33-21)19-23-11-7-5-8-12-23)32(37)40-20-29(36)34-16-15-25-17-27(38-3)28(39-4)18-26(25)31(34)24-13-9-6-10-14-24/h5-14,17-18,31H,15-16,19-20H2,1-4H3/t31-/m1/s1. The smallest absolute Gasteiger partial charge is 0.342 e. The van der Waals surface area contributed by atoms with Gasteiger partial charge in [-0.2, -0.15) is 5.10 Å². The quantitative estimate of drug-likeness (QED) is 0.297. The van der Waals surface area contributed by atoms with Crippen molar-refractivity contribution in [2.24, 2.45) is 0 Å². The van der Waals surface area contributed by atoms with Crippen molar-refractivity contribution >= 4 is 11.9 Å². The zero-order valence-electron chi connectivity index (χ0n) is 23.2. The summed E-state index contributed by atoms with van der Waals surface area (Å²) in [7, 11) is 3.21. The van der Waals surface area contributed by atoms with Crippen LogP contribution in [-0.2, 0) is 22.5 Å². The summed E-state index contributed by atoms with van der Waals surface area (Å²) < 4.78 is 18.5. The summed E-state index contributed by atoms with van der Waals surface area (Å²) in [5, 5.41) is 4.55. The lowest BCUT2D eigenvalue weighted by atomic mass is 9.87. The van der Waals surface area contributed by atoms with Crippen LogP contribution in [0.15, 0.2) is 72.8 Å². The number of hydrogen-bond acceptors (Lipinski definition) is 6. The van der Waals surface area contributed by atoms with Crippen molar-refractivity contribution in [2.45, 2.75) is 32.9 Å². The summed E-state index contributed by atoms with van der Waals surface area (Å²) in [5.74, 6) is 0.430. The highest BCUT2D eigenvalue weighted by Gasteiger charge is 2.34. The van der Waals surface area contributed by atoms with Crippen molar-refractivity contribution in [3.8, 4) is 11.5 Å². The summed E-state index contributed by atoms with van der Waals surface area (Å²) >= 11 is 0. The van der Waals surface area contributed by atoms with Crippen molar-refractivity contribution in [1.82, 2.24) is 14.7 Å². The number of hydrogen-bond donors (Lipinski definition) is 0. The van der Waals surface area contributed by atoms with Gasteiger partial charge in [0.1, 0.15) is 5.56 Å². The van der Waals surface area contributed by atoms with Crippen molar-refractivity contribution in [1.29, 1.82) is 0 Å². The molecule has 0 N–H and O–H groups in total. The van der Waals surface area contributed by atoms with Crippen molar-refractivity contribution < 1.29 is 23.8 Å². The lowest BCUT2D eigenvalue weighted by molar-refractivity contribution is -0.136. The van der Waals surface area contributed by atoms with Crippen LogP contribution in [0, 0.1) is 13.8 Å². The van der Waals surface area contributed by atoms with E-state index in [1.165, 1.54) is 0 Å². The molecule has 1 atom stereocenters. The second-order valence-corrected chi connectivity index (χ2v) is 9.82. The summed E-state index contributed by atoms with van der Waals surface area (Å²) in [4.78, 5) is 28.5. The summed E-state index contributed by atoms with van der Waals surface area (Å²) in [6, 6.07) is 23.3. The Kier molecular flexibility index (Phi) is 7.86.